The first-order valence-electron chi connectivity index (χ1n) is 9.33. The number of carbonyl (C=O) groups excluding carboxylic acids is 2. The van der Waals surface area contributed by atoms with Crippen LogP contribution in [-0.4, -0.2) is 48.8 Å². The molecule has 1 amide bonds. The molecule has 0 bridgehead atoms. The number of rotatable bonds is 4. The van der Waals surface area contributed by atoms with Crippen LogP contribution in [0.5, 0.6) is 0 Å². The van der Waals surface area contributed by atoms with E-state index in [2.05, 4.69) is 26.0 Å². The molecule has 28 heavy (non-hydrogen) atoms. The molecule has 0 aliphatic carbocycles. The molecule has 0 spiro atoms. The van der Waals surface area contributed by atoms with E-state index < -0.39 is 17.4 Å². The zero-order valence-electron chi connectivity index (χ0n) is 17.0. The Kier molecular flexibility index (Phi) is 7.31. The van der Waals surface area contributed by atoms with Crippen LogP contribution < -0.4 is 5.32 Å². The van der Waals surface area contributed by atoms with Crippen molar-refractivity contribution in [3.8, 4) is 0 Å². The van der Waals surface area contributed by atoms with Crippen LogP contribution in [0.3, 0.4) is 0 Å². The topological polar surface area (TPSA) is 67.9 Å². The van der Waals surface area contributed by atoms with Crippen LogP contribution in [0.4, 0.5) is 14.9 Å². The molecule has 1 aromatic rings. The number of likely N-dealkylation sites (tertiary alicyclic amines) is 1. The third-order valence-corrected chi connectivity index (χ3v) is 5.54. The van der Waals surface area contributed by atoms with E-state index in [1.165, 1.54) is 7.11 Å². The molecule has 1 saturated heterocycles. The SMILES string of the molecule is COC(=O)c1cc(F)c(Br)c(NC(C)C2CCN(C(=O)OC(C)(C)C)CC2)c1. The van der Waals surface area contributed by atoms with Gasteiger partial charge in [0, 0.05) is 19.1 Å². The van der Waals surface area contributed by atoms with Crippen molar-refractivity contribution in [2.45, 2.75) is 52.2 Å². The predicted octanol–water partition coefficient (Wildman–Crippen LogP) is 4.82. The molecule has 2 rings (SSSR count). The number of amides is 1. The molecular formula is C20H28BrFN2O4. The van der Waals surface area contributed by atoms with Crippen molar-refractivity contribution < 1.29 is 23.5 Å². The highest BCUT2D eigenvalue weighted by atomic mass is 79.9. The number of ether oxygens (including phenoxy) is 2. The van der Waals surface area contributed by atoms with Gasteiger partial charge < -0.3 is 19.7 Å². The molecule has 1 aliphatic heterocycles. The van der Waals surface area contributed by atoms with Gasteiger partial charge in [0.15, 0.2) is 0 Å². The van der Waals surface area contributed by atoms with Crippen LogP contribution in [0.1, 0.15) is 50.9 Å². The summed E-state index contributed by atoms with van der Waals surface area (Å²) in [7, 11) is 1.26. The molecule has 0 saturated carbocycles. The van der Waals surface area contributed by atoms with E-state index in [9.17, 15) is 14.0 Å². The van der Waals surface area contributed by atoms with E-state index in [-0.39, 0.29) is 22.2 Å². The van der Waals surface area contributed by atoms with Crippen molar-refractivity contribution in [3.63, 3.8) is 0 Å². The summed E-state index contributed by atoms with van der Waals surface area (Å²) in [4.78, 5) is 25.6. The maximum atomic E-state index is 14.2. The van der Waals surface area contributed by atoms with Crippen LogP contribution in [0.25, 0.3) is 0 Å². The number of methoxy groups -OCH3 is 1. The number of hydrogen-bond donors (Lipinski definition) is 1. The predicted molar refractivity (Wildman–Crippen MR) is 109 cm³/mol. The van der Waals surface area contributed by atoms with Gasteiger partial charge in [-0.15, -0.1) is 0 Å². The fourth-order valence-electron chi connectivity index (χ4n) is 3.20. The average Bonchev–Trinajstić information content (AvgIpc) is 2.63. The van der Waals surface area contributed by atoms with E-state index >= 15 is 0 Å². The fraction of sp³-hybridized carbons (Fsp3) is 0.600. The summed E-state index contributed by atoms with van der Waals surface area (Å²) in [6, 6.07) is 2.75. The summed E-state index contributed by atoms with van der Waals surface area (Å²) < 4.78 is 24.5. The lowest BCUT2D eigenvalue weighted by Crippen LogP contribution is -2.44. The number of esters is 1. The molecule has 1 atom stereocenters. The maximum Gasteiger partial charge on any atom is 0.410 e. The number of hydrogen-bond acceptors (Lipinski definition) is 5. The third kappa shape index (κ3) is 5.83. The van der Waals surface area contributed by atoms with Gasteiger partial charge in [0.1, 0.15) is 11.4 Å². The van der Waals surface area contributed by atoms with Crippen LogP contribution >= 0.6 is 15.9 Å². The highest BCUT2D eigenvalue weighted by molar-refractivity contribution is 9.10. The Balaban J connectivity index is 1.99. The van der Waals surface area contributed by atoms with Crippen LogP contribution in [0.2, 0.25) is 0 Å². The molecule has 8 heteroatoms. The van der Waals surface area contributed by atoms with Crippen molar-refractivity contribution in [2.24, 2.45) is 5.92 Å². The van der Waals surface area contributed by atoms with Crippen LogP contribution in [-0.2, 0) is 9.47 Å². The largest absolute Gasteiger partial charge is 0.465 e. The number of anilines is 1. The summed E-state index contributed by atoms with van der Waals surface area (Å²) in [5.41, 5.74) is 0.143. The van der Waals surface area contributed by atoms with E-state index in [1.807, 2.05) is 27.7 Å². The first-order valence-corrected chi connectivity index (χ1v) is 10.1. The van der Waals surface area contributed by atoms with E-state index in [1.54, 1.807) is 11.0 Å². The fourth-order valence-corrected chi connectivity index (χ4v) is 3.54. The normalized spacial score (nSPS) is 16.5. The standard InChI is InChI=1S/C20H28BrFN2O4/c1-12(13-6-8-24(9-7-13)19(26)28-20(2,3)4)23-16-11-14(18(25)27-5)10-15(22)17(16)21/h10-13,23H,6-9H2,1-5H3. The van der Waals surface area contributed by atoms with Crippen molar-refractivity contribution >= 4 is 33.7 Å². The lowest BCUT2D eigenvalue weighted by molar-refractivity contribution is 0.0179. The Hall–Kier alpha value is -1.83. The van der Waals surface area contributed by atoms with Crippen molar-refractivity contribution in [1.82, 2.24) is 4.90 Å². The third-order valence-electron chi connectivity index (χ3n) is 4.73. The molecule has 1 N–H and O–H groups in total. The number of carbonyl (C=O) groups is 2. The summed E-state index contributed by atoms with van der Waals surface area (Å²) in [6.45, 7) is 8.80. The van der Waals surface area contributed by atoms with E-state index in [0.717, 1.165) is 18.9 Å². The maximum absolute atomic E-state index is 14.2. The molecule has 0 radical (unpaired) electrons. The van der Waals surface area contributed by atoms with E-state index in [0.29, 0.717) is 24.7 Å². The van der Waals surface area contributed by atoms with Gasteiger partial charge in [-0.05, 0) is 74.5 Å². The molecule has 6 nitrogen and oxygen atoms in total. The Bertz CT molecular complexity index is 728. The molecule has 1 aliphatic rings. The summed E-state index contributed by atoms with van der Waals surface area (Å²) in [5, 5.41) is 3.29. The van der Waals surface area contributed by atoms with Gasteiger partial charge in [-0.3, -0.25) is 0 Å². The number of nitrogens with one attached hydrogen (secondary N) is 1. The van der Waals surface area contributed by atoms with Gasteiger partial charge in [0.05, 0.1) is 22.8 Å². The zero-order valence-corrected chi connectivity index (χ0v) is 18.6. The second-order valence-corrected chi connectivity index (χ2v) is 8.84. The van der Waals surface area contributed by atoms with Crippen LogP contribution in [0.15, 0.2) is 16.6 Å². The van der Waals surface area contributed by atoms with Gasteiger partial charge in [-0.1, -0.05) is 0 Å². The molecule has 0 aromatic heterocycles. The molecule has 1 heterocycles. The first-order chi connectivity index (χ1) is 13.0. The highest BCUT2D eigenvalue weighted by Gasteiger charge is 2.29. The highest BCUT2D eigenvalue weighted by Crippen LogP contribution is 2.31. The number of benzene rings is 1. The molecule has 156 valence electrons. The minimum Gasteiger partial charge on any atom is -0.465 e. The van der Waals surface area contributed by atoms with Crippen molar-refractivity contribution in [2.75, 3.05) is 25.5 Å². The smallest absolute Gasteiger partial charge is 0.410 e. The Morgan fingerprint density at radius 1 is 1.29 bits per heavy atom. The number of nitrogens with zero attached hydrogens (tertiary/aromatic N) is 1. The Labute approximate surface area is 173 Å². The summed E-state index contributed by atoms with van der Waals surface area (Å²) >= 11 is 3.24. The Morgan fingerprint density at radius 3 is 2.43 bits per heavy atom. The second kappa shape index (κ2) is 9.11. The molecule has 1 fully saturated rings. The van der Waals surface area contributed by atoms with Gasteiger partial charge in [-0.25, -0.2) is 14.0 Å². The molecule has 1 aromatic carbocycles. The molecular weight excluding hydrogens is 431 g/mol. The van der Waals surface area contributed by atoms with Crippen LogP contribution in [0, 0.1) is 11.7 Å². The number of piperidine rings is 1. The zero-order chi connectivity index (χ0) is 21.1. The lowest BCUT2D eigenvalue weighted by Gasteiger charge is -2.36. The quantitative estimate of drug-likeness (QED) is 0.654. The monoisotopic (exact) mass is 458 g/mol. The van der Waals surface area contributed by atoms with Crippen molar-refractivity contribution in [3.05, 3.63) is 28.0 Å². The van der Waals surface area contributed by atoms with E-state index in [4.69, 9.17) is 4.74 Å². The van der Waals surface area contributed by atoms with Gasteiger partial charge >= 0.3 is 12.1 Å². The number of halogens is 2. The lowest BCUT2D eigenvalue weighted by atomic mass is 9.90. The van der Waals surface area contributed by atoms with Gasteiger partial charge in [0.2, 0.25) is 0 Å². The van der Waals surface area contributed by atoms with Crippen molar-refractivity contribution in [1.29, 1.82) is 0 Å². The minimum absolute atomic E-state index is 0.0318. The second-order valence-electron chi connectivity index (χ2n) is 8.05. The summed E-state index contributed by atoms with van der Waals surface area (Å²) in [5.74, 6) is -0.819. The first kappa shape index (κ1) is 22.5. The van der Waals surface area contributed by atoms with Gasteiger partial charge in [-0.2, -0.15) is 0 Å². The molecule has 1 unspecified atom stereocenters. The average molecular weight is 459 g/mol. The minimum atomic E-state index is -0.590. The summed E-state index contributed by atoms with van der Waals surface area (Å²) in [6.07, 6.45) is 1.33. The Morgan fingerprint density at radius 2 is 1.89 bits per heavy atom. The van der Waals surface area contributed by atoms with Gasteiger partial charge in [0.25, 0.3) is 0 Å².